The third kappa shape index (κ3) is 4.11. The first-order valence-electron chi connectivity index (χ1n) is 6.76. The monoisotopic (exact) mass is 275 g/mol. The van der Waals surface area contributed by atoms with E-state index in [1.807, 2.05) is 20.0 Å². The molecule has 102 valence electrons. The van der Waals surface area contributed by atoms with Gasteiger partial charge in [0, 0.05) is 35.4 Å². The van der Waals surface area contributed by atoms with Gasteiger partial charge in [-0.25, -0.2) is 4.98 Å². The predicted octanol–water partition coefficient (Wildman–Crippen LogP) is 3.44. The standard InChI is InChI=1S/C15H21N3S/c1-4-6-17-14(9-15-18-12(3)10-19-15)13-5-7-16-11(2)8-13/h5,7-8,10,14,17H,4,6,9H2,1-3H3. The van der Waals surface area contributed by atoms with Gasteiger partial charge in [0.15, 0.2) is 0 Å². The van der Waals surface area contributed by atoms with Crippen LogP contribution in [0.15, 0.2) is 23.7 Å². The molecule has 0 aromatic carbocycles. The summed E-state index contributed by atoms with van der Waals surface area (Å²) in [5.41, 5.74) is 3.48. The number of pyridine rings is 1. The van der Waals surface area contributed by atoms with Crippen LogP contribution in [-0.2, 0) is 6.42 Å². The molecule has 0 saturated carbocycles. The second kappa shape index (κ2) is 6.78. The fourth-order valence-electron chi connectivity index (χ4n) is 2.08. The minimum Gasteiger partial charge on any atom is -0.310 e. The summed E-state index contributed by atoms with van der Waals surface area (Å²) in [5, 5.41) is 6.92. The van der Waals surface area contributed by atoms with Gasteiger partial charge in [-0.1, -0.05) is 6.92 Å². The molecule has 0 fully saturated rings. The van der Waals surface area contributed by atoms with Crippen LogP contribution in [-0.4, -0.2) is 16.5 Å². The lowest BCUT2D eigenvalue weighted by Gasteiger charge is -2.18. The van der Waals surface area contributed by atoms with Crippen molar-refractivity contribution in [2.24, 2.45) is 0 Å². The zero-order chi connectivity index (χ0) is 13.7. The highest BCUT2D eigenvalue weighted by molar-refractivity contribution is 7.09. The Balaban J connectivity index is 2.15. The quantitative estimate of drug-likeness (QED) is 0.877. The van der Waals surface area contributed by atoms with Gasteiger partial charge in [-0.2, -0.15) is 0 Å². The summed E-state index contributed by atoms with van der Waals surface area (Å²) in [6.07, 6.45) is 3.97. The van der Waals surface area contributed by atoms with Gasteiger partial charge in [-0.05, 0) is 44.5 Å². The summed E-state index contributed by atoms with van der Waals surface area (Å²) in [6.45, 7) is 7.30. The molecule has 2 aromatic rings. The minimum absolute atomic E-state index is 0.326. The van der Waals surface area contributed by atoms with E-state index < -0.39 is 0 Å². The van der Waals surface area contributed by atoms with E-state index >= 15 is 0 Å². The first-order chi connectivity index (χ1) is 9.19. The largest absolute Gasteiger partial charge is 0.310 e. The SMILES string of the molecule is CCCNC(Cc1nc(C)cs1)c1ccnc(C)c1. The Kier molecular flexibility index (Phi) is 5.05. The number of rotatable bonds is 6. The summed E-state index contributed by atoms with van der Waals surface area (Å²) in [6, 6.07) is 4.58. The third-order valence-electron chi connectivity index (χ3n) is 3.01. The van der Waals surface area contributed by atoms with Crippen LogP contribution in [0.3, 0.4) is 0 Å². The molecular formula is C15H21N3S. The van der Waals surface area contributed by atoms with Crippen LogP contribution >= 0.6 is 11.3 Å². The number of hydrogen-bond donors (Lipinski definition) is 1. The van der Waals surface area contributed by atoms with Gasteiger partial charge < -0.3 is 5.32 Å². The van der Waals surface area contributed by atoms with Crippen LogP contribution < -0.4 is 5.32 Å². The molecule has 2 heterocycles. The van der Waals surface area contributed by atoms with Gasteiger partial charge in [0.25, 0.3) is 0 Å². The average molecular weight is 275 g/mol. The molecular weight excluding hydrogens is 254 g/mol. The number of thiazole rings is 1. The zero-order valence-electron chi connectivity index (χ0n) is 11.8. The van der Waals surface area contributed by atoms with E-state index in [-0.39, 0.29) is 0 Å². The maximum Gasteiger partial charge on any atom is 0.0947 e. The molecule has 1 N–H and O–H groups in total. The molecule has 0 spiro atoms. The van der Waals surface area contributed by atoms with Gasteiger partial charge in [0.2, 0.25) is 0 Å². The van der Waals surface area contributed by atoms with Crippen LogP contribution in [0.25, 0.3) is 0 Å². The third-order valence-corrected chi connectivity index (χ3v) is 4.00. The summed E-state index contributed by atoms with van der Waals surface area (Å²) in [4.78, 5) is 8.84. The average Bonchev–Trinajstić information content (AvgIpc) is 2.80. The molecule has 3 nitrogen and oxygen atoms in total. The van der Waals surface area contributed by atoms with E-state index in [9.17, 15) is 0 Å². The van der Waals surface area contributed by atoms with Gasteiger partial charge in [-0.15, -0.1) is 11.3 Å². The van der Waals surface area contributed by atoms with Crippen molar-refractivity contribution in [3.8, 4) is 0 Å². The molecule has 0 saturated heterocycles. The minimum atomic E-state index is 0.326. The molecule has 0 radical (unpaired) electrons. The Hall–Kier alpha value is -1.26. The number of hydrogen-bond acceptors (Lipinski definition) is 4. The summed E-state index contributed by atoms with van der Waals surface area (Å²) in [5.74, 6) is 0. The lowest BCUT2D eigenvalue weighted by molar-refractivity contribution is 0.527. The Bertz CT molecular complexity index is 522. The van der Waals surface area contributed by atoms with Crippen molar-refractivity contribution in [1.29, 1.82) is 0 Å². The molecule has 0 bridgehead atoms. The van der Waals surface area contributed by atoms with Crippen LogP contribution in [0.5, 0.6) is 0 Å². The fourth-order valence-corrected chi connectivity index (χ4v) is 2.90. The molecule has 0 aliphatic rings. The lowest BCUT2D eigenvalue weighted by atomic mass is 10.0. The van der Waals surface area contributed by atoms with E-state index in [1.165, 1.54) is 10.6 Å². The summed E-state index contributed by atoms with van der Waals surface area (Å²) in [7, 11) is 0. The zero-order valence-corrected chi connectivity index (χ0v) is 12.6. The van der Waals surface area contributed by atoms with Crippen molar-refractivity contribution in [2.45, 2.75) is 39.7 Å². The molecule has 19 heavy (non-hydrogen) atoms. The van der Waals surface area contributed by atoms with Crippen LogP contribution in [0, 0.1) is 13.8 Å². The topological polar surface area (TPSA) is 37.8 Å². The second-order valence-corrected chi connectivity index (χ2v) is 5.77. The Morgan fingerprint density at radius 3 is 2.79 bits per heavy atom. The van der Waals surface area contributed by atoms with Gasteiger partial charge in [-0.3, -0.25) is 4.98 Å². The normalized spacial score (nSPS) is 12.6. The molecule has 1 unspecified atom stereocenters. The van der Waals surface area contributed by atoms with Gasteiger partial charge in [0.05, 0.1) is 5.01 Å². The first kappa shape index (κ1) is 14.2. The summed E-state index contributed by atoms with van der Waals surface area (Å²) < 4.78 is 0. The Labute approximate surface area is 119 Å². The maximum atomic E-state index is 4.57. The fraction of sp³-hybridized carbons (Fsp3) is 0.467. The second-order valence-electron chi connectivity index (χ2n) is 4.82. The number of aryl methyl sites for hydroxylation is 2. The molecule has 2 aromatic heterocycles. The van der Waals surface area contributed by atoms with E-state index in [0.29, 0.717) is 6.04 Å². The molecule has 4 heteroatoms. The van der Waals surface area contributed by atoms with Crippen molar-refractivity contribution < 1.29 is 0 Å². The number of aromatic nitrogens is 2. The van der Waals surface area contributed by atoms with Crippen molar-refractivity contribution in [3.63, 3.8) is 0 Å². The van der Waals surface area contributed by atoms with Gasteiger partial charge in [0.1, 0.15) is 0 Å². The highest BCUT2D eigenvalue weighted by atomic mass is 32.1. The van der Waals surface area contributed by atoms with Crippen molar-refractivity contribution in [1.82, 2.24) is 15.3 Å². The number of nitrogens with zero attached hydrogens (tertiary/aromatic N) is 2. The van der Waals surface area contributed by atoms with E-state index in [4.69, 9.17) is 0 Å². The first-order valence-corrected chi connectivity index (χ1v) is 7.64. The van der Waals surface area contributed by atoms with E-state index in [1.54, 1.807) is 11.3 Å². The Morgan fingerprint density at radius 1 is 1.32 bits per heavy atom. The highest BCUT2D eigenvalue weighted by Gasteiger charge is 2.13. The lowest BCUT2D eigenvalue weighted by Crippen LogP contribution is -2.24. The van der Waals surface area contributed by atoms with E-state index in [0.717, 1.165) is 30.8 Å². The van der Waals surface area contributed by atoms with Crippen LogP contribution in [0.2, 0.25) is 0 Å². The highest BCUT2D eigenvalue weighted by Crippen LogP contribution is 2.21. The molecule has 2 rings (SSSR count). The van der Waals surface area contributed by atoms with Gasteiger partial charge >= 0.3 is 0 Å². The van der Waals surface area contributed by atoms with Crippen molar-refractivity contribution in [2.75, 3.05) is 6.54 Å². The molecule has 0 aliphatic heterocycles. The molecule has 0 amide bonds. The molecule has 0 aliphatic carbocycles. The van der Waals surface area contributed by atoms with Crippen molar-refractivity contribution in [3.05, 3.63) is 45.7 Å². The van der Waals surface area contributed by atoms with Crippen LogP contribution in [0.4, 0.5) is 0 Å². The van der Waals surface area contributed by atoms with Crippen LogP contribution in [0.1, 0.15) is 41.3 Å². The Morgan fingerprint density at radius 2 is 2.16 bits per heavy atom. The van der Waals surface area contributed by atoms with Crippen molar-refractivity contribution >= 4 is 11.3 Å². The molecule has 1 atom stereocenters. The van der Waals surface area contributed by atoms with E-state index in [2.05, 4.69) is 39.7 Å². The summed E-state index contributed by atoms with van der Waals surface area (Å²) >= 11 is 1.74. The predicted molar refractivity (Wildman–Crippen MR) is 80.6 cm³/mol. The number of nitrogens with one attached hydrogen (secondary N) is 1. The maximum absolute atomic E-state index is 4.57. The smallest absolute Gasteiger partial charge is 0.0947 e.